The number of para-hydroxylation sites is 1. The van der Waals surface area contributed by atoms with Crippen molar-refractivity contribution >= 4 is 17.4 Å². The number of aromatic nitrogens is 2. The molecular weight excluding hydrogens is 429 g/mol. The molecule has 0 radical (unpaired) electrons. The minimum absolute atomic E-state index is 0.120. The van der Waals surface area contributed by atoms with E-state index in [0.717, 1.165) is 22.6 Å². The van der Waals surface area contributed by atoms with Crippen LogP contribution in [0, 0.1) is 12.7 Å². The van der Waals surface area contributed by atoms with Gasteiger partial charge in [0.15, 0.2) is 0 Å². The summed E-state index contributed by atoms with van der Waals surface area (Å²) >= 11 is 0. The highest BCUT2D eigenvalue weighted by Gasteiger charge is 2.21. The van der Waals surface area contributed by atoms with E-state index in [2.05, 4.69) is 5.32 Å². The predicted molar refractivity (Wildman–Crippen MR) is 130 cm³/mol. The SMILES string of the molecule is Cc1cccn2c(NCc3ccccc3)c(-c3ccccc3OC(=O)c3ccccc3F)nc12. The van der Waals surface area contributed by atoms with Gasteiger partial charge >= 0.3 is 5.97 Å². The Bertz CT molecular complexity index is 1480. The Morgan fingerprint density at radius 3 is 2.50 bits per heavy atom. The van der Waals surface area contributed by atoms with Crippen LogP contribution in [0.5, 0.6) is 5.75 Å². The number of imidazole rings is 1. The fraction of sp³-hybridized carbons (Fsp3) is 0.0714. The number of halogens is 1. The first-order chi connectivity index (χ1) is 16.6. The average molecular weight is 452 g/mol. The van der Waals surface area contributed by atoms with E-state index in [1.807, 2.05) is 72.1 Å². The summed E-state index contributed by atoms with van der Waals surface area (Å²) in [5, 5.41) is 3.50. The van der Waals surface area contributed by atoms with Gasteiger partial charge in [-0.05, 0) is 48.4 Å². The van der Waals surface area contributed by atoms with Crippen LogP contribution in [0.3, 0.4) is 0 Å². The van der Waals surface area contributed by atoms with Crippen molar-refractivity contribution in [3.63, 3.8) is 0 Å². The number of hydrogen-bond donors (Lipinski definition) is 1. The maximum absolute atomic E-state index is 14.1. The Morgan fingerprint density at radius 1 is 0.941 bits per heavy atom. The third-order valence-electron chi connectivity index (χ3n) is 5.59. The van der Waals surface area contributed by atoms with E-state index in [9.17, 15) is 9.18 Å². The number of hydrogen-bond acceptors (Lipinski definition) is 4. The Morgan fingerprint density at radius 2 is 1.68 bits per heavy atom. The van der Waals surface area contributed by atoms with Crippen molar-refractivity contribution in [1.82, 2.24) is 9.38 Å². The standard InChI is InChI=1S/C28H22FN3O2/c1-19-10-9-17-32-26(19)31-25(27(32)30-18-20-11-3-2-4-12-20)22-14-6-8-16-24(22)34-28(33)21-13-5-7-15-23(21)29/h2-17,30H,18H2,1H3. The van der Waals surface area contributed by atoms with Crippen LogP contribution in [-0.2, 0) is 6.54 Å². The van der Waals surface area contributed by atoms with E-state index in [1.54, 1.807) is 18.2 Å². The van der Waals surface area contributed by atoms with Crippen molar-refractivity contribution in [2.45, 2.75) is 13.5 Å². The number of fused-ring (bicyclic) bond motifs is 1. The van der Waals surface area contributed by atoms with Crippen LogP contribution >= 0.6 is 0 Å². The van der Waals surface area contributed by atoms with Crippen LogP contribution < -0.4 is 10.1 Å². The number of ether oxygens (including phenoxy) is 1. The molecule has 0 amide bonds. The van der Waals surface area contributed by atoms with Crippen LogP contribution in [0.15, 0.2) is 97.2 Å². The molecule has 3 aromatic carbocycles. The minimum Gasteiger partial charge on any atom is -0.422 e. The molecule has 1 N–H and O–H groups in total. The van der Waals surface area contributed by atoms with Crippen molar-refractivity contribution in [3.8, 4) is 17.0 Å². The third kappa shape index (κ3) is 4.13. The van der Waals surface area contributed by atoms with Crippen LogP contribution in [-0.4, -0.2) is 15.4 Å². The topological polar surface area (TPSA) is 55.6 Å². The van der Waals surface area contributed by atoms with Crippen molar-refractivity contribution in [2.24, 2.45) is 0 Å². The van der Waals surface area contributed by atoms with Crippen LogP contribution in [0.2, 0.25) is 0 Å². The van der Waals surface area contributed by atoms with E-state index in [-0.39, 0.29) is 5.56 Å². The molecule has 0 fully saturated rings. The van der Waals surface area contributed by atoms with Crippen molar-refractivity contribution < 1.29 is 13.9 Å². The Hall–Kier alpha value is -4.45. The second-order valence-electron chi connectivity index (χ2n) is 7.90. The number of carbonyl (C=O) groups excluding carboxylic acids is 1. The molecule has 0 saturated carbocycles. The van der Waals surface area contributed by atoms with Crippen molar-refractivity contribution in [2.75, 3.05) is 5.32 Å². The summed E-state index contributed by atoms with van der Waals surface area (Å²) in [5.74, 6) is -0.306. The lowest BCUT2D eigenvalue weighted by molar-refractivity contribution is 0.0730. The Labute approximate surface area is 196 Å². The average Bonchev–Trinajstić information content (AvgIpc) is 3.23. The first-order valence-electron chi connectivity index (χ1n) is 10.9. The quantitative estimate of drug-likeness (QED) is 0.244. The van der Waals surface area contributed by atoms with E-state index in [4.69, 9.17) is 9.72 Å². The van der Waals surface area contributed by atoms with E-state index in [0.29, 0.717) is 23.6 Å². The van der Waals surface area contributed by atoms with Gasteiger partial charge in [-0.15, -0.1) is 0 Å². The highest BCUT2D eigenvalue weighted by molar-refractivity contribution is 5.93. The molecule has 5 rings (SSSR count). The van der Waals surface area contributed by atoms with Gasteiger partial charge in [0, 0.05) is 18.3 Å². The molecule has 6 heteroatoms. The molecule has 0 aliphatic rings. The summed E-state index contributed by atoms with van der Waals surface area (Å²) in [7, 11) is 0. The van der Waals surface area contributed by atoms with Gasteiger partial charge in [0.1, 0.15) is 28.7 Å². The fourth-order valence-corrected chi connectivity index (χ4v) is 3.88. The molecule has 34 heavy (non-hydrogen) atoms. The van der Waals surface area contributed by atoms with Gasteiger partial charge in [-0.2, -0.15) is 0 Å². The van der Waals surface area contributed by atoms with E-state index < -0.39 is 11.8 Å². The lowest BCUT2D eigenvalue weighted by Gasteiger charge is -2.12. The molecule has 0 saturated heterocycles. The maximum atomic E-state index is 14.1. The molecule has 0 spiro atoms. The monoisotopic (exact) mass is 451 g/mol. The minimum atomic E-state index is -0.760. The summed E-state index contributed by atoms with van der Waals surface area (Å²) in [6, 6.07) is 26.9. The number of anilines is 1. The second kappa shape index (κ2) is 9.19. The zero-order chi connectivity index (χ0) is 23.5. The molecule has 2 aromatic heterocycles. The number of aryl methyl sites for hydroxylation is 1. The predicted octanol–water partition coefficient (Wildman–Crippen LogP) is 6.28. The van der Waals surface area contributed by atoms with Gasteiger partial charge in [0.05, 0.1) is 5.56 Å². The highest BCUT2D eigenvalue weighted by Crippen LogP contribution is 2.36. The second-order valence-corrected chi connectivity index (χ2v) is 7.90. The van der Waals surface area contributed by atoms with Gasteiger partial charge < -0.3 is 10.1 Å². The molecule has 0 atom stereocenters. The number of nitrogens with one attached hydrogen (secondary N) is 1. The number of nitrogens with zero attached hydrogens (tertiary/aromatic N) is 2. The first-order valence-corrected chi connectivity index (χ1v) is 10.9. The van der Waals surface area contributed by atoms with Gasteiger partial charge in [-0.3, -0.25) is 4.40 Å². The maximum Gasteiger partial charge on any atom is 0.346 e. The largest absolute Gasteiger partial charge is 0.422 e. The van der Waals surface area contributed by atoms with Gasteiger partial charge in [-0.1, -0.05) is 60.7 Å². The molecule has 0 bridgehead atoms. The number of benzene rings is 3. The van der Waals surface area contributed by atoms with Crippen LogP contribution in [0.25, 0.3) is 16.9 Å². The number of esters is 1. The smallest absolute Gasteiger partial charge is 0.346 e. The van der Waals surface area contributed by atoms with E-state index >= 15 is 0 Å². The molecule has 0 unspecified atom stereocenters. The zero-order valence-electron chi connectivity index (χ0n) is 18.5. The molecular formula is C28H22FN3O2. The lowest BCUT2D eigenvalue weighted by Crippen LogP contribution is -2.11. The summed E-state index contributed by atoms with van der Waals surface area (Å²) in [4.78, 5) is 17.6. The molecule has 5 nitrogen and oxygen atoms in total. The zero-order valence-corrected chi connectivity index (χ0v) is 18.5. The van der Waals surface area contributed by atoms with Crippen LogP contribution in [0.1, 0.15) is 21.5 Å². The molecule has 0 aliphatic heterocycles. The number of carbonyl (C=O) groups is 1. The fourth-order valence-electron chi connectivity index (χ4n) is 3.88. The number of rotatable bonds is 6. The van der Waals surface area contributed by atoms with E-state index in [1.165, 1.54) is 18.2 Å². The Kier molecular flexibility index (Phi) is 5.79. The van der Waals surface area contributed by atoms with Crippen molar-refractivity contribution in [3.05, 3.63) is 120 Å². The third-order valence-corrected chi connectivity index (χ3v) is 5.59. The highest BCUT2D eigenvalue weighted by atomic mass is 19.1. The molecule has 2 heterocycles. The molecule has 0 aliphatic carbocycles. The normalized spacial score (nSPS) is 10.9. The summed E-state index contributed by atoms with van der Waals surface area (Å²) < 4.78 is 21.8. The summed E-state index contributed by atoms with van der Waals surface area (Å²) in [6.07, 6.45) is 1.94. The van der Waals surface area contributed by atoms with Gasteiger partial charge in [0.2, 0.25) is 0 Å². The molecule has 168 valence electrons. The van der Waals surface area contributed by atoms with Gasteiger partial charge in [-0.25, -0.2) is 14.2 Å². The van der Waals surface area contributed by atoms with Crippen LogP contribution in [0.4, 0.5) is 10.2 Å². The molecule has 5 aromatic rings. The van der Waals surface area contributed by atoms with Crippen molar-refractivity contribution in [1.29, 1.82) is 0 Å². The Balaban J connectivity index is 1.57. The van der Waals surface area contributed by atoms with Gasteiger partial charge in [0.25, 0.3) is 0 Å². The first kappa shape index (κ1) is 21.4. The number of pyridine rings is 1. The summed E-state index contributed by atoms with van der Waals surface area (Å²) in [6.45, 7) is 2.59. The summed E-state index contributed by atoms with van der Waals surface area (Å²) in [5.41, 5.74) is 4.08. The lowest BCUT2D eigenvalue weighted by atomic mass is 10.1.